The van der Waals surface area contributed by atoms with Crippen LogP contribution in [0.15, 0.2) is 36.5 Å². The van der Waals surface area contributed by atoms with E-state index in [2.05, 4.69) is 31.6 Å². The molecule has 3 aromatic heterocycles. The van der Waals surface area contributed by atoms with Crippen LogP contribution in [0.25, 0.3) is 28.1 Å². The van der Waals surface area contributed by atoms with E-state index >= 15 is 0 Å². The standard InChI is InChI=1S/C23H21ClN6O4/c24-14-5-15-22(28-23(26-15)34-18-10-33-20-17(31)9-32-21(18)20)27-19(14)11-1-3-13(4-2-11)30-8-12-6-25-7-16(12)29-30/h1-5,8,17-18,20-21,25,31H,6-7,9-10H2,(H,26,27,28)/t17-,18-,20?,21-/m1/s1. The lowest BCUT2D eigenvalue weighted by Crippen LogP contribution is -2.34. The summed E-state index contributed by atoms with van der Waals surface area (Å²) in [5.41, 5.74) is 5.97. The highest BCUT2D eigenvalue weighted by atomic mass is 35.5. The van der Waals surface area contributed by atoms with Gasteiger partial charge in [-0.05, 0) is 18.2 Å². The number of ether oxygens (including phenoxy) is 3. The van der Waals surface area contributed by atoms with Gasteiger partial charge in [0.05, 0.1) is 40.8 Å². The molecular formula is C23H21ClN6O4. The number of nitrogens with zero attached hydrogens (tertiary/aromatic N) is 4. The Hall–Kier alpha value is -3.02. The number of aromatic nitrogens is 5. The van der Waals surface area contributed by atoms with Gasteiger partial charge in [-0.15, -0.1) is 0 Å². The first-order valence-corrected chi connectivity index (χ1v) is 11.5. The summed E-state index contributed by atoms with van der Waals surface area (Å²) in [6.07, 6.45) is 0.387. The molecule has 0 spiro atoms. The van der Waals surface area contributed by atoms with E-state index in [1.165, 1.54) is 5.56 Å². The number of rotatable bonds is 4. The number of hydrogen-bond donors (Lipinski definition) is 3. The van der Waals surface area contributed by atoms with Gasteiger partial charge < -0.3 is 29.6 Å². The van der Waals surface area contributed by atoms with Gasteiger partial charge in [-0.2, -0.15) is 10.1 Å². The third-order valence-corrected chi connectivity index (χ3v) is 6.83. The van der Waals surface area contributed by atoms with Gasteiger partial charge >= 0.3 is 0 Å². The molecule has 0 bridgehead atoms. The average molecular weight is 481 g/mol. The summed E-state index contributed by atoms with van der Waals surface area (Å²) < 4.78 is 19.1. The summed E-state index contributed by atoms with van der Waals surface area (Å²) >= 11 is 6.57. The van der Waals surface area contributed by atoms with Crippen molar-refractivity contribution in [2.24, 2.45) is 0 Å². The first kappa shape index (κ1) is 20.4. The molecule has 2 saturated heterocycles. The minimum absolute atomic E-state index is 0.245. The zero-order valence-corrected chi connectivity index (χ0v) is 18.7. The zero-order chi connectivity index (χ0) is 22.8. The van der Waals surface area contributed by atoms with Crippen molar-refractivity contribution in [2.45, 2.75) is 37.5 Å². The predicted octanol–water partition coefficient (Wildman–Crippen LogP) is 1.97. The third-order valence-electron chi connectivity index (χ3n) is 6.54. The number of fused-ring (bicyclic) bond motifs is 3. The van der Waals surface area contributed by atoms with E-state index in [0.717, 1.165) is 30.0 Å². The summed E-state index contributed by atoms with van der Waals surface area (Å²) in [7, 11) is 0. The normalized spacial score (nSPS) is 25.7. The Labute approximate surface area is 198 Å². The van der Waals surface area contributed by atoms with E-state index in [1.807, 2.05) is 28.9 Å². The van der Waals surface area contributed by atoms with E-state index in [-0.39, 0.29) is 24.9 Å². The van der Waals surface area contributed by atoms with Crippen LogP contribution in [0.2, 0.25) is 5.02 Å². The maximum Gasteiger partial charge on any atom is 0.296 e. The van der Waals surface area contributed by atoms with Crippen molar-refractivity contribution in [3.05, 3.63) is 52.8 Å². The minimum Gasteiger partial charge on any atom is -0.456 e. The number of imidazole rings is 1. The Morgan fingerprint density at radius 3 is 2.79 bits per heavy atom. The van der Waals surface area contributed by atoms with Gasteiger partial charge in [-0.3, -0.25) is 0 Å². The van der Waals surface area contributed by atoms with Crippen molar-refractivity contribution >= 4 is 22.8 Å². The lowest BCUT2D eigenvalue weighted by Gasteiger charge is -2.15. The molecule has 2 fully saturated rings. The molecule has 3 N–H and O–H groups in total. The fraction of sp³-hybridized carbons (Fsp3) is 0.348. The van der Waals surface area contributed by atoms with Crippen LogP contribution >= 0.6 is 11.6 Å². The molecule has 3 aliphatic rings. The van der Waals surface area contributed by atoms with Gasteiger partial charge in [0.25, 0.3) is 6.01 Å². The van der Waals surface area contributed by atoms with Crippen LogP contribution in [-0.2, 0) is 22.6 Å². The van der Waals surface area contributed by atoms with Crippen molar-refractivity contribution in [1.29, 1.82) is 0 Å². The molecule has 0 saturated carbocycles. The molecule has 34 heavy (non-hydrogen) atoms. The van der Waals surface area contributed by atoms with Crippen molar-refractivity contribution in [1.82, 2.24) is 30.0 Å². The van der Waals surface area contributed by atoms with E-state index in [1.54, 1.807) is 6.07 Å². The monoisotopic (exact) mass is 480 g/mol. The largest absolute Gasteiger partial charge is 0.456 e. The van der Waals surface area contributed by atoms with Crippen LogP contribution in [0, 0.1) is 0 Å². The van der Waals surface area contributed by atoms with Crippen LogP contribution in [0.1, 0.15) is 11.3 Å². The number of aromatic amines is 1. The Bertz CT molecular complexity index is 1360. The molecule has 1 aromatic carbocycles. The summed E-state index contributed by atoms with van der Waals surface area (Å²) in [4.78, 5) is 12.3. The fourth-order valence-electron chi connectivity index (χ4n) is 4.80. The Kier molecular flexibility index (Phi) is 4.64. The lowest BCUT2D eigenvalue weighted by molar-refractivity contribution is 0.00706. The highest BCUT2D eigenvalue weighted by Crippen LogP contribution is 2.32. The average Bonchev–Trinajstić information content (AvgIpc) is 3.62. The molecule has 0 amide bonds. The second kappa shape index (κ2) is 7.76. The molecule has 174 valence electrons. The highest BCUT2D eigenvalue weighted by Gasteiger charge is 2.48. The minimum atomic E-state index is -0.630. The SMILES string of the molecule is O[C@@H]1CO[C@H]2C1OC[C@H]2Oc1nc2nc(-c3ccc(-n4cc5c(n4)CNC5)cc3)c(Cl)cc2[nH]1. The molecule has 6 heterocycles. The molecular weight excluding hydrogens is 460 g/mol. The summed E-state index contributed by atoms with van der Waals surface area (Å²) in [5, 5.41) is 18.4. The quantitative estimate of drug-likeness (QED) is 0.405. The third kappa shape index (κ3) is 3.29. The zero-order valence-electron chi connectivity index (χ0n) is 17.9. The van der Waals surface area contributed by atoms with Crippen molar-refractivity contribution in [2.75, 3.05) is 13.2 Å². The van der Waals surface area contributed by atoms with Gasteiger partial charge in [0, 0.05) is 30.4 Å². The fourth-order valence-corrected chi connectivity index (χ4v) is 5.06. The first-order valence-electron chi connectivity index (χ1n) is 11.2. The Morgan fingerprint density at radius 1 is 1.09 bits per heavy atom. The molecule has 7 rings (SSSR count). The van der Waals surface area contributed by atoms with E-state index in [4.69, 9.17) is 25.8 Å². The predicted molar refractivity (Wildman–Crippen MR) is 122 cm³/mol. The van der Waals surface area contributed by atoms with Gasteiger partial charge in [0.15, 0.2) is 11.8 Å². The van der Waals surface area contributed by atoms with Crippen LogP contribution < -0.4 is 10.1 Å². The number of benzene rings is 1. The van der Waals surface area contributed by atoms with Crippen molar-refractivity contribution < 1.29 is 19.3 Å². The van der Waals surface area contributed by atoms with Crippen LogP contribution in [0.3, 0.4) is 0 Å². The number of hydrogen-bond acceptors (Lipinski definition) is 8. The van der Waals surface area contributed by atoms with Gasteiger partial charge in [-0.1, -0.05) is 23.7 Å². The first-order chi connectivity index (χ1) is 16.6. The smallest absolute Gasteiger partial charge is 0.296 e. The van der Waals surface area contributed by atoms with Crippen LogP contribution in [0.4, 0.5) is 0 Å². The second-order valence-corrected chi connectivity index (χ2v) is 9.15. The number of aliphatic hydroxyl groups is 1. The number of H-pyrrole nitrogens is 1. The van der Waals surface area contributed by atoms with Gasteiger partial charge in [0.1, 0.15) is 18.3 Å². The summed E-state index contributed by atoms with van der Waals surface area (Å²) in [6, 6.07) is 10.1. The summed E-state index contributed by atoms with van der Waals surface area (Å²) in [5.74, 6) is 0. The number of aliphatic hydroxyl groups excluding tert-OH is 1. The van der Waals surface area contributed by atoms with Crippen molar-refractivity contribution in [3.63, 3.8) is 0 Å². The lowest BCUT2D eigenvalue weighted by atomic mass is 10.1. The number of pyridine rings is 1. The van der Waals surface area contributed by atoms with Crippen LogP contribution in [-0.4, -0.2) is 67.5 Å². The van der Waals surface area contributed by atoms with E-state index in [0.29, 0.717) is 34.5 Å². The van der Waals surface area contributed by atoms with Gasteiger partial charge in [0.2, 0.25) is 0 Å². The molecule has 10 nitrogen and oxygen atoms in total. The van der Waals surface area contributed by atoms with Crippen molar-refractivity contribution in [3.8, 4) is 23.0 Å². The number of halogens is 1. The molecule has 4 aromatic rings. The van der Waals surface area contributed by atoms with Gasteiger partial charge in [-0.25, -0.2) is 9.67 Å². The van der Waals surface area contributed by atoms with E-state index < -0.39 is 6.10 Å². The maximum absolute atomic E-state index is 9.91. The van der Waals surface area contributed by atoms with Crippen LogP contribution in [0.5, 0.6) is 6.01 Å². The molecule has 4 atom stereocenters. The summed E-state index contributed by atoms with van der Waals surface area (Å²) in [6.45, 7) is 2.23. The Balaban J connectivity index is 1.14. The molecule has 0 radical (unpaired) electrons. The highest BCUT2D eigenvalue weighted by molar-refractivity contribution is 6.33. The maximum atomic E-state index is 9.91. The second-order valence-electron chi connectivity index (χ2n) is 8.75. The topological polar surface area (TPSA) is 119 Å². The van der Waals surface area contributed by atoms with E-state index in [9.17, 15) is 5.11 Å². The Morgan fingerprint density at radius 2 is 1.94 bits per heavy atom. The molecule has 0 aliphatic carbocycles. The number of nitrogens with one attached hydrogen (secondary N) is 2. The molecule has 11 heteroatoms. The molecule has 1 unspecified atom stereocenters. The molecule has 3 aliphatic heterocycles.